The van der Waals surface area contributed by atoms with E-state index in [-0.39, 0.29) is 5.91 Å². The van der Waals surface area contributed by atoms with Crippen LogP contribution in [-0.4, -0.2) is 10.9 Å². The molecule has 0 aliphatic carbocycles. The number of anilines is 1. The van der Waals surface area contributed by atoms with E-state index in [9.17, 15) is 4.79 Å². The molecule has 0 fully saturated rings. The molecule has 0 aliphatic rings. The summed E-state index contributed by atoms with van der Waals surface area (Å²) in [6, 6.07) is 13.0. The van der Waals surface area contributed by atoms with Crippen molar-refractivity contribution in [2.45, 2.75) is 6.42 Å². The molecule has 1 amide bonds. The van der Waals surface area contributed by atoms with Crippen LogP contribution in [0.15, 0.2) is 57.7 Å². The Hall–Kier alpha value is -2.14. The lowest BCUT2D eigenvalue weighted by Crippen LogP contribution is -2.14. The van der Waals surface area contributed by atoms with Crippen LogP contribution in [0.4, 0.5) is 5.69 Å². The molecule has 0 atom stereocenters. The molecule has 4 nitrogen and oxygen atoms in total. The van der Waals surface area contributed by atoms with Crippen molar-refractivity contribution in [2.24, 2.45) is 0 Å². The van der Waals surface area contributed by atoms with Gasteiger partial charge in [-0.1, -0.05) is 22.0 Å². The first-order valence-electron chi connectivity index (χ1n) is 6.08. The number of nitrogens with one attached hydrogen (secondary N) is 1. The van der Waals surface area contributed by atoms with Crippen molar-refractivity contribution in [2.75, 3.05) is 5.32 Å². The third-order valence-corrected chi connectivity index (χ3v) is 3.42. The van der Waals surface area contributed by atoms with E-state index in [1.54, 1.807) is 0 Å². The van der Waals surface area contributed by atoms with Gasteiger partial charge < -0.3 is 9.73 Å². The van der Waals surface area contributed by atoms with E-state index in [1.165, 1.54) is 6.39 Å². The molecule has 0 radical (unpaired) electrons. The number of rotatable bonds is 3. The highest BCUT2D eigenvalue weighted by atomic mass is 79.9. The number of aromatic nitrogens is 1. The fourth-order valence-corrected chi connectivity index (χ4v) is 2.20. The van der Waals surface area contributed by atoms with Crippen LogP contribution in [0.3, 0.4) is 0 Å². The Balaban J connectivity index is 1.70. The average molecular weight is 331 g/mol. The Labute approximate surface area is 123 Å². The second-order valence-corrected chi connectivity index (χ2v) is 5.30. The average Bonchev–Trinajstić information content (AvgIpc) is 2.89. The fraction of sp³-hybridized carbons (Fsp3) is 0.0667. The molecule has 0 unspecified atom stereocenters. The quantitative estimate of drug-likeness (QED) is 0.795. The van der Waals surface area contributed by atoms with Crippen LogP contribution in [0.25, 0.3) is 11.1 Å². The second-order valence-electron chi connectivity index (χ2n) is 4.39. The number of fused-ring (bicyclic) bond motifs is 1. The fourth-order valence-electron chi connectivity index (χ4n) is 1.93. The predicted molar refractivity (Wildman–Crippen MR) is 80.5 cm³/mol. The first kappa shape index (κ1) is 12.9. The van der Waals surface area contributed by atoms with Crippen molar-refractivity contribution in [3.63, 3.8) is 0 Å². The summed E-state index contributed by atoms with van der Waals surface area (Å²) in [6.07, 6.45) is 1.70. The lowest BCUT2D eigenvalue weighted by Gasteiger charge is -2.05. The van der Waals surface area contributed by atoms with Crippen molar-refractivity contribution in [3.8, 4) is 0 Å². The van der Waals surface area contributed by atoms with Gasteiger partial charge in [0.15, 0.2) is 12.0 Å². The Morgan fingerprint density at radius 1 is 1.20 bits per heavy atom. The number of amides is 1. The Kier molecular flexibility index (Phi) is 3.52. The van der Waals surface area contributed by atoms with E-state index in [2.05, 4.69) is 26.2 Å². The molecular weight excluding hydrogens is 320 g/mol. The van der Waals surface area contributed by atoms with E-state index >= 15 is 0 Å². The third-order valence-electron chi connectivity index (χ3n) is 2.89. The van der Waals surface area contributed by atoms with Crippen LogP contribution in [0, 0.1) is 0 Å². The SMILES string of the molecule is O=C(Cc1ccc2ncoc2c1)Nc1ccc(Br)cc1. The number of nitrogens with zero attached hydrogens (tertiary/aromatic N) is 1. The summed E-state index contributed by atoms with van der Waals surface area (Å²) in [5, 5.41) is 2.85. The van der Waals surface area contributed by atoms with Gasteiger partial charge in [0.2, 0.25) is 5.91 Å². The summed E-state index contributed by atoms with van der Waals surface area (Å²) in [7, 11) is 0. The normalized spacial score (nSPS) is 10.7. The molecule has 1 aromatic heterocycles. The number of oxazole rings is 1. The van der Waals surface area contributed by atoms with Crippen molar-refractivity contribution < 1.29 is 9.21 Å². The maximum atomic E-state index is 12.0. The zero-order valence-electron chi connectivity index (χ0n) is 10.5. The predicted octanol–water partition coefficient (Wildman–Crippen LogP) is 3.77. The van der Waals surface area contributed by atoms with Crippen LogP contribution < -0.4 is 5.32 Å². The summed E-state index contributed by atoms with van der Waals surface area (Å²) in [4.78, 5) is 16.0. The summed E-state index contributed by atoms with van der Waals surface area (Å²) in [6.45, 7) is 0. The monoisotopic (exact) mass is 330 g/mol. The topological polar surface area (TPSA) is 55.1 Å². The highest BCUT2D eigenvalue weighted by Crippen LogP contribution is 2.16. The van der Waals surface area contributed by atoms with Crippen molar-refractivity contribution >= 4 is 38.6 Å². The Morgan fingerprint density at radius 3 is 2.80 bits per heavy atom. The molecule has 0 spiro atoms. The summed E-state index contributed by atoms with van der Waals surface area (Å²) < 4.78 is 6.20. The molecule has 1 heterocycles. The minimum absolute atomic E-state index is 0.0637. The maximum absolute atomic E-state index is 12.0. The van der Waals surface area contributed by atoms with Gasteiger partial charge in [-0.05, 0) is 42.0 Å². The van der Waals surface area contributed by atoms with Gasteiger partial charge in [0, 0.05) is 10.2 Å². The van der Waals surface area contributed by atoms with E-state index in [0.717, 1.165) is 21.2 Å². The van der Waals surface area contributed by atoms with Gasteiger partial charge in [0.25, 0.3) is 0 Å². The molecule has 0 saturated heterocycles. The van der Waals surface area contributed by atoms with Crippen molar-refractivity contribution in [1.29, 1.82) is 0 Å². The third kappa shape index (κ3) is 2.88. The minimum atomic E-state index is -0.0637. The molecule has 3 rings (SSSR count). The van der Waals surface area contributed by atoms with E-state index in [4.69, 9.17) is 4.42 Å². The van der Waals surface area contributed by atoms with Crippen molar-refractivity contribution in [3.05, 3.63) is 58.9 Å². The molecule has 0 aliphatic heterocycles. The lowest BCUT2D eigenvalue weighted by molar-refractivity contribution is -0.115. The lowest BCUT2D eigenvalue weighted by atomic mass is 10.1. The maximum Gasteiger partial charge on any atom is 0.228 e. The Bertz CT molecular complexity index is 750. The smallest absolute Gasteiger partial charge is 0.228 e. The van der Waals surface area contributed by atoms with Crippen LogP contribution in [0.2, 0.25) is 0 Å². The number of benzene rings is 2. The number of hydrogen-bond donors (Lipinski definition) is 1. The number of halogens is 1. The van der Waals surface area contributed by atoms with Gasteiger partial charge in [-0.2, -0.15) is 0 Å². The van der Waals surface area contributed by atoms with E-state index < -0.39 is 0 Å². The van der Waals surface area contributed by atoms with Gasteiger partial charge in [-0.25, -0.2) is 4.98 Å². The molecular formula is C15H11BrN2O2. The van der Waals surface area contributed by atoms with Gasteiger partial charge in [0.1, 0.15) is 5.52 Å². The highest BCUT2D eigenvalue weighted by Gasteiger charge is 2.06. The zero-order chi connectivity index (χ0) is 13.9. The van der Waals surface area contributed by atoms with E-state index in [0.29, 0.717) is 12.0 Å². The number of carbonyl (C=O) groups is 1. The molecule has 1 N–H and O–H groups in total. The van der Waals surface area contributed by atoms with Gasteiger partial charge in [0.05, 0.1) is 6.42 Å². The zero-order valence-corrected chi connectivity index (χ0v) is 12.1. The first-order valence-corrected chi connectivity index (χ1v) is 6.87. The van der Waals surface area contributed by atoms with Crippen LogP contribution in [0.1, 0.15) is 5.56 Å². The summed E-state index contributed by atoms with van der Waals surface area (Å²) in [5.41, 5.74) is 3.16. The molecule has 0 bridgehead atoms. The standard InChI is InChI=1S/C15H11BrN2O2/c16-11-2-4-12(5-3-11)18-15(19)8-10-1-6-13-14(7-10)20-9-17-13/h1-7,9H,8H2,(H,18,19). The minimum Gasteiger partial charge on any atom is -0.443 e. The first-order chi connectivity index (χ1) is 9.70. The van der Waals surface area contributed by atoms with Crippen LogP contribution >= 0.6 is 15.9 Å². The van der Waals surface area contributed by atoms with Crippen molar-refractivity contribution in [1.82, 2.24) is 4.98 Å². The van der Waals surface area contributed by atoms with Gasteiger partial charge in [-0.15, -0.1) is 0 Å². The second kappa shape index (κ2) is 5.46. The highest BCUT2D eigenvalue weighted by molar-refractivity contribution is 9.10. The molecule has 2 aromatic carbocycles. The van der Waals surface area contributed by atoms with Gasteiger partial charge >= 0.3 is 0 Å². The Morgan fingerprint density at radius 2 is 2.00 bits per heavy atom. The van der Waals surface area contributed by atoms with Gasteiger partial charge in [-0.3, -0.25) is 4.79 Å². The summed E-state index contributed by atoms with van der Waals surface area (Å²) in [5.74, 6) is -0.0637. The van der Waals surface area contributed by atoms with E-state index in [1.807, 2.05) is 42.5 Å². The molecule has 100 valence electrons. The molecule has 5 heteroatoms. The molecule has 20 heavy (non-hydrogen) atoms. The summed E-state index contributed by atoms with van der Waals surface area (Å²) >= 11 is 3.36. The molecule has 3 aromatic rings. The molecule has 0 saturated carbocycles. The number of hydrogen-bond acceptors (Lipinski definition) is 3. The van der Waals surface area contributed by atoms with Crippen LogP contribution in [0.5, 0.6) is 0 Å². The van der Waals surface area contributed by atoms with Crippen LogP contribution in [-0.2, 0) is 11.2 Å². The number of carbonyl (C=O) groups excluding carboxylic acids is 1. The largest absolute Gasteiger partial charge is 0.443 e.